The number of amides is 1. The van der Waals surface area contributed by atoms with Crippen molar-refractivity contribution >= 4 is 22.5 Å². The quantitative estimate of drug-likeness (QED) is 0.596. The summed E-state index contributed by atoms with van der Waals surface area (Å²) >= 11 is 0. The van der Waals surface area contributed by atoms with Crippen LogP contribution < -0.4 is 5.32 Å². The van der Waals surface area contributed by atoms with Crippen LogP contribution in [0.1, 0.15) is 38.0 Å². The maximum atomic E-state index is 12.7. The molecule has 0 bridgehead atoms. The number of oxazole rings is 1. The van der Waals surface area contributed by atoms with Crippen molar-refractivity contribution in [1.29, 1.82) is 0 Å². The summed E-state index contributed by atoms with van der Waals surface area (Å²) in [5, 5.41) is 5.03. The van der Waals surface area contributed by atoms with Gasteiger partial charge in [-0.2, -0.15) is 0 Å². The van der Waals surface area contributed by atoms with E-state index in [9.17, 15) is 4.79 Å². The van der Waals surface area contributed by atoms with Gasteiger partial charge in [-0.15, -0.1) is 6.58 Å². The van der Waals surface area contributed by atoms with E-state index < -0.39 is 0 Å². The first-order valence-electron chi connectivity index (χ1n) is 9.87. The van der Waals surface area contributed by atoms with Crippen LogP contribution in [-0.4, -0.2) is 15.9 Å². The average Bonchev–Trinajstić information content (AvgIpc) is 3.14. The van der Waals surface area contributed by atoms with E-state index in [1.807, 2.05) is 37.3 Å². The molecular formula is C23H25N3O2. The monoisotopic (exact) mass is 375 g/mol. The highest BCUT2D eigenvalue weighted by Gasteiger charge is 2.25. The normalized spacial score (nSPS) is 19.5. The van der Waals surface area contributed by atoms with Gasteiger partial charge in [0.2, 0.25) is 5.91 Å². The van der Waals surface area contributed by atoms with Crippen LogP contribution >= 0.6 is 0 Å². The van der Waals surface area contributed by atoms with E-state index in [1.165, 1.54) is 0 Å². The van der Waals surface area contributed by atoms with Gasteiger partial charge >= 0.3 is 0 Å². The van der Waals surface area contributed by atoms with Gasteiger partial charge in [-0.1, -0.05) is 18.2 Å². The summed E-state index contributed by atoms with van der Waals surface area (Å²) in [6, 6.07) is 7.95. The van der Waals surface area contributed by atoms with Crippen molar-refractivity contribution < 1.29 is 9.21 Å². The van der Waals surface area contributed by atoms with Crippen LogP contribution in [0.25, 0.3) is 22.1 Å². The molecule has 0 saturated heterocycles. The molecule has 1 saturated carbocycles. The number of fused-ring (bicyclic) bond motifs is 1. The third-order valence-corrected chi connectivity index (χ3v) is 5.60. The highest BCUT2D eigenvalue weighted by atomic mass is 16.4. The molecule has 1 aliphatic carbocycles. The van der Waals surface area contributed by atoms with Gasteiger partial charge < -0.3 is 9.73 Å². The number of benzene rings is 1. The number of hydrogen-bond acceptors (Lipinski definition) is 4. The Morgan fingerprint density at radius 3 is 2.71 bits per heavy atom. The number of allylic oxidation sites excluding steroid dienone is 1. The number of carbonyl (C=O) groups is 1. The maximum absolute atomic E-state index is 12.7. The first-order chi connectivity index (χ1) is 13.6. The molecule has 1 aromatic carbocycles. The van der Waals surface area contributed by atoms with Gasteiger partial charge in [0.1, 0.15) is 5.82 Å². The lowest BCUT2D eigenvalue weighted by Crippen LogP contribution is -2.27. The standard InChI is InChI=1S/C23H25N3O2/c1-3-4-16-5-7-17(8-6-16)23(27)26-22-12-20-11-18(9-10-19(20)13-25-22)21-14-24-15(2)28-21/h3,9-14,16-17H,1,4-8H2,2H3,(H,25,26,27). The van der Waals surface area contributed by atoms with E-state index in [4.69, 9.17) is 4.42 Å². The number of aryl methyl sites for hydroxylation is 1. The molecule has 144 valence electrons. The topological polar surface area (TPSA) is 68.0 Å². The number of hydrogen-bond donors (Lipinski definition) is 1. The first kappa shape index (κ1) is 18.4. The Morgan fingerprint density at radius 2 is 2.00 bits per heavy atom. The molecule has 0 spiro atoms. The number of aromatic nitrogens is 2. The molecule has 3 aromatic rings. The summed E-state index contributed by atoms with van der Waals surface area (Å²) < 4.78 is 5.62. The summed E-state index contributed by atoms with van der Waals surface area (Å²) in [6.07, 6.45) is 10.6. The number of anilines is 1. The van der Waals surface area contributed by atoms with Crippen LogP contribution in [0.3, 0.4) is 0 Å². The molecule has 4 rings (SSSR count). The smallest absolute Gasteiger partial charge is 0.228 e. The Balaban J connectivity index is 1.48. The predicted molar refractivity (Wildman–Crippen MR) is 111 cm³/mol. The van der Waals surface area contributed by atoms with E-state index in [-0.39, 0.29) is 11.8 Å². The fourth-order valence-corrected chi connectivity index (χ4v) is 3.98. The number of rotatable bonds is 5. The zero-order valence-corrected chi connectivity index (χ0v) is 16.1. The number of pyridine rings is 1. The molecule has 5 heteroatoms. The van der Waals surface area contributed by atoms with Crippen LogP contribution in [0.4, 0.5) is 5.82 Å². The summed E-state index contributed by atoms with van der Waals surface area (Å²) in [4.78, 5) is 21.2. The summed E-state index contributed by atoms with van der Waals surface area (Å²) in [5.41, 5.74) is 0.956. The van der Waals surface area contributed by atoms with E-state index in [1.54, 1.807) is 12.4 Å². The number of carbonyl (C=O) groups excluding carboxylic acids is 1. The van der Waals surface area contributed by atoms with Crippen molar-refractivity contribution in [1.82, 2.24) is 9.97 Å². The molecule has 0 aliphatic heterocycles. The minimum Gasteiger partial charge on any atom is -0.441 e. The lowest BCUT2D eigenvalue weighted by molar-refractivity contribution is -0.121. The van der Waals surface area contributed by atoms with Crippen molar-refractivity contribution in [2.75, 3.05) is 5.32 Å². The Morgan fingerprint density at radius 1 is 1.18 bits per heavy atom. The van der Waals surface area contributed by atoms with E-state index >= 15 is 0 Å². The lowest BCUT2D eigenvalue weighted by atomic mass is 9.80. The first-order valence-corrected chi connectivity index (χ1v) is 9.87. The molecular weight excluding hydrogens is 350 g/mol. The molecule has 0 unspecified atom stereocenters. The van der Waals surface area contributed by atoms with Crippen LogP contribution in [0.15, 0.2) is 53.7 Å². The SMILES string of the molecule is C=CCC1CCC(C(=O)Nc2cc3cc(-c4cnc(C)o4)ccc3cn2)CC1. The molecule has 28 heavy (non-hydrogen) atoms. The highest BCUT2D eigenvalue weighted by molar-refractivity contribution is 5.94. The predicted octanol–water partition coefficient (Wildman–Crippen LogP) is 5.52. The lowest BCUT2D eigenvalue weighted by Gasteiger charge is -2.26. The van der Waals surface area contributed by atoms with Gasteiger partial charge in [-0.3, -0.25) is 4.79 Å². The third-order valence-electron chi connectivity index (χ3n) is 5.60. The maximum Gasteiger partial charge on any atom is 0.228 e. The largest absolute Gasteiger partial charge is 0.441 e. The van der Waals surface area contributed by atoms with Crippen molar-refractivity contribution in [2.45, 2.75) is 39.0 Å². The van der Waals surface area contributed by atoms with Crippen LogP contribution in [0.5, 0.6) is 0 Å². The third kappa shape index (κ3) is 3.98. The summed E-state index contributed by atoms with van der Waals surface area (Å²) in [7, 11) is 0. The fraction of sp³-hybridized carbons (Fsp3) is 0.348. The molecule has 0 atom stereocenters. The Kier molecular flexibility index (Phi) is 5.24. The molecule has 1 amide bonds. The van der Waals surface area contributed by atoms with Gasteiger partial charge in [0.15, 0.2) is 11.7 Å². The van der Waals surface area contributed by atoms with Crippen LogP contribution in [0, 0.1) is 18.8 Å². The highest BCUT2D eigenvalue weighted by Crippen LogP contribution is 2.32. The van der Waals surface area contributed by atoms with Crippen LogP contribution in [0.2, 0.25) is 0 Å². The summed E-state index contributed by atoms with van der Waals surface area (Å²) in [6.45, 7) is 5.65. The second kappa shape index (κ2) is 7.97. The molecule has 2 aromatic heterocycles. The van der Waals surface area contributed by atoms with Crippen LogP contribution in [-0.2, 0) is 4.79 Å². The summed E-state index contributed by atoms with van der Waals surface area (Å²) in [5.74, 6) is 2.79. The van der Waals surface area contributed by atoms with Gasteiger partial charge in [0.25, 0.3) is 0 Å². The van der Waals surface area contributed by atoms with Crippen molar-refractivity contribution in [3.8, 4) is 11.3 Å². The van der Waals surface area contributed by atoms with E-state index in [0.29, 0.717) is 17.6 Å². The van der Waals surface area contributed by atoms with Gasteiger partial charge in [-0.05, 0) is 55.5 Å². The molecule has 1 fully saturated rings. The zero-order chi connectivity index (χ0) is 19.5. The Hall–Kier alpha value is -2.95. The zero-order valence-electron chi connectivity index (χ0n) is 16.1. The molecule has 1 N–H and O–H groups in total. The minimum absolute atomic E-state index is 0.0714. The van der Waals surface area contributed by atoms with Gasteiger partial charge in [-0.25, -0.2) is 9.97 Å². The number of nitrogens with one attached hydrogen (secondary N) is 1. The fourth-order valence-electron chi connectivity index (χ4n) is 3.98. The van der Waals surface area contributed by atoms with Gasteiger partial charge in [0, 0.05) is 30.0 Å². The van der Waals surface area contributed by atoms with E-state index in [2.05, 4.69) is 21.9 Å². The molecule has 0 radical (unpaired) electrons. The second-order valence-electron chi connectivity index (χ2n) is 7.61. The van der Waals surface area contributed by atoms with Crippen molar-refractivity contribution in [2.24, 2.45) is 11.8 Å². The average molecular weight is 375 g/mol. The van der Waals surface area contributed by atoms with Crippen molar-refractivity contribution in [3.05, 3.63) is 55.2 Å². The Labute approximate surface area is 164 Å². The Bertz CT molecular complexity index is 1000. The molecule has 2 heterocycles. The van der Waals surface area contributed by atoms with Gasteiger partial charge in [0.05, 0.1) is 6.20 Å². The van der Waals surface area contributed by atoms with E-state index in [0.717, 1.165) is 54.2 Å². The molecule has 1 aliphatic rings. The molecule has 5 nitrogen and oxygen atoms in total. The minimum atomic E-state index is 0.0714. The second-order valence-corrected chi connectivity index (χ2v) is 7.61. The van der Waals surface area contributed by atoms with Crippen molar-refractivity contribution in [3.63, 3.8) is 0 Å². The number of nitrogens with zero attached hydrogens (tertiary/aromatic N) is 2.